The van der Waals surface area contributed by atoms with E-state index in [2.05, 4.69) is 144 Å². The van der Waals surface area contributed by atoms with Crippen molar-refractivity contribution in [1.82, 2.24) is 0 Å². The molecule has 2 aromatic heterocycles. The zero-order chi connectivity index (χ0) is 28.3. The first kappa shape index (κ1) is 23.9. The smallest absolute Gasteiger partial charge is 0.136 e. The lowest BCUT2D eigenvalue weighted by Crippen LogP contribution is -2.09. The monoisotopic (exact) mass is 551 g/mol. The van der Waals surface area contributed by atoms with Crippen molar-refractivity contribution < 1.29 is 8.83 Å². The standard InChI is InChI=1S/C40H25NO2/c1-2-9-29(10-3-1)41(31-20-23-37-35(25-31)33-12-6-7-13-36(33)42-37)30-18-14-26(15-19-30)28-16-21-34-39(24-28)43-38-22-17-27-8-4-5-11-32(27)40(34)38/h1-25H. The number of anilines is 3. The molecule has 0 spiro atoms. The summed E-state index contributed by atoms with van der Waals surface area (Å²) in [5.41, 5.74) is 9.13. The Labute approximate surface area is 247 Å². The van der Waals surface area contributed by atoms with E-state index in [1.165, 1.54) is 16.2 Å². The quantitative estimate of drug-likeness (QED) is 0.218. The topological polar surface area (TPSA) is 29.5 Å². The van der Waals surface area contributed by atoms with Gasteiger partial charge in [0.25, 0.3) is 0 Å². The van der Waals surface area contributed by atoms with Gasteiger partial charge in [-0.3, -0.25) is 0 Å². The van der Waals surface area contributed by atoms with E-state index in [0.717, 1.165) is 66.7 Å². The fraction of sp³-hybridized carbons (Fsp3) is 0. The molecule has 9 aromatic rings. The van der Waals surface area contributed by atoms with Crippen molar-refractivity contribution >= 4 is 71.7 Å². The number of para-hydroxylation sites is 2. The second kappa shape index (κ2) is 9.37. The second-order valence-electron chi connectivity index (χ2n) is 11.0. The maximum Gasteiger partial charge on any atom is 0.136 e. The van der Waals surface area contributed by atoms with Crippen LogP contribution in [-0.4, -0.2) is 0 Å². The number of hydrogen-bond acceptors (Lipinski definition) is 3. The van der Waals surface area contributed by atoms with E-state index in [1.54, 1.807) is 0 Å². The minimum atomic E-state index is 0.891. The van der Waals surface area contributed by atoms with E-state index in [4.69, 9.17) is 8.83 Å². The largest absolute Gasteiger partial charge is 0.456 e. The first-order valence-corrected chi connectivity index (χ1v) is 14.5. The molecule has 0 amide bonds. The summed E-state index contributed by atoms with van der Waals surface area (Å²) in [4.78, 5) is 2.29. The Morgan fingerprint density at radius 2 is 1.00 bits per heavy atom. The van der Waals surface area contributed by atoms with Crippen molar-refractivity contribution in [3.63, 3.8) is 0 Å². The highest BCUT2D eigenvalue weighted by Crippen LogP contribution is 2.40. The zero-order valence-corrected chi connectivity index (χ0v) is 23.2. The highest BCUT2D eigenvalue weighted by atomic mass is 16.3. The molecule has 0 N–H and O–H groups in total. The van der Waals surface area contributed by atoms with Gasteiger partial charge in [0.2, 0.25) is 0 Å². The summed E-state index contributed by atoms with van der Waals surface area (Å²) in [6.45, 7) is 0. The first-order valence-electron chi connectivity index (χ1n) is 14.5. The van der Waals surface area contributed by atoms with Gasteiger partial charge in [0.15, 0.2) is 0 Å². The molecular formula is C40H25NO2. The van der Waals surface area contributed by atoms with Crippen LogP contribution in [0.25, 0.3) is 65.8 Å². The van der Waals surface area contributed by atoms with Crippen molar-refractivity contribution in [2.45, 2.75) is 0 Å². The van der Waals surface area contributed by atoms with Gasteiger partial charge in [-0.2, -0.15) is 0 Å². The molecule has 3 heteroatoms. The lowest BCUT2D eigenvalue weighted by Gasteiger charge is -2.25. The molecule has 0 unspecified atom stereocenters. The lowest BCUT2D eigenvalue weighted by molar-refractivity contribution is 0.668. The molecule has 3 nitrogen and oxygen atoms in total. The molecule has 0 aliphatic rings. The van der Waals surface area contributed by atoms with Crippen LogP contribution >= 0.6 is 0 Å². The molecule has 2 heterocycles. The summed E-state index contributed by atoms with van der Waals surface area (Å²) in [6, 6.07) is 53.1. The Hall–Kier alpha value is -5.80. The van der Waals surface area contributed by atoms with Gasteiger partial charge < -0.3 is 13.7 Å². The predicted molar refractivity (Wildman–Crippen MR) is 179 cm³/mol. The average Bonchev–Trinajstić information content (AvgIpc) is 3.64. The number of furan rings is 2. The maximum absolute atomic E-state index is 6.34. The molecule has 43 heavy (non-hydrogen) atoms. The van der Waals surface area contributed by atoms with Crippen molar-refractivity contribution in [3.8, 4) is 11.1 Å². The zero-order valence-electron chi connectivity index (χ0n) is 23.2. The molecule has 7 aromatic carbocycles. The van der Waals surface area contributed by atoms with Crippen LogP contribution in [0.1, 0.15) is 0 Å². The van der Waals surface area contributed by atoms with Crippen LogP contribution in [0.4, 0.5) is 17.1 Å². The summed E-state index contributed by atoms with van der Waals surface area (Å²) in [5.74, 6) is 0. The summed E-state index contributed by atoms with van der Waals surface area (Å²) >= 11 is 0. The molecule has 0 saturated carbocycles. The summed E-state index contributed by atoms with van der Waals surface area (Å²) in [7, 11) is 0. The van der Waals surface area contributed by atoms with Crippen LogP contribution in [0.3, 0.4) is 0 Å². The van der Waals surface area contributed by atoms with Crippen LogP contribution in [0, 0.1) is 0 Å². The predicted octanol–water partition coefficient (Wildman–Crippen LogP) is 11.8. The molecule has 0 aliphatic carbocycles. The minimum absolute atomic E-state index is 0.891. The number of rotatable bonds is 4. The fourth-order valence-electron chi connectivity index (χ4n) is 6.41. The van der Waals surface area contributed by atoms with Crippen LogP contribution in [0.5, 0.6) is 0 Å². The Balaban J connectivity index is 1.13. The van der Waals surface area contributed by atoms with E-state index in [0.29, 0.717) is 0 Å². The molecule has 0 fully saturated rings. The molecule has 0 atom stereocenters. The van der Waals surface area contributed by atoms with Gasteiger partial charge in [-0.25, -0.2) is 0 Å². The third-order valence-corrected chi connectivity index (χ3v) is 8.45. The molecule has 0 saturated heterocycles. The number of hydrogen-bond donors (Lipinski definition) is 0. The summed E-state index contributed by atoms with van der Waals surface area (Å²) in [6.07, 6.45) is 0. The van der Waals surface area contributed by atoms with E-state index in [-0.39, 0.29) is 0 Å². The van der Waals surface area contributed by atoms with Crippen LogP contribution in [-0.2, 0) is 0 Å². The minimum Gasteiger partial charge on any atom is -0.456 e. The van der Waals surface area contributed by atoms with Gasteiger partial charge in [-0.05, 0) is 88.6 Å². The first-order chi connectivity index (χ1) is 21.3. The maximum atomic E-state index is 6.34. The number of fused-ring (bicyclic) bond motifs is 8. The molecule has 9 rings (SSSR count). The molecule has 202 valence electrons. The second-order valence-corrected chi connectivity index (χ2v) is 11.0. The number of nitrogens with zero attached hydrogens (tertiary/aromatic N) is 1. The van der Waals surface area contributed by atoms with Crippen LogP contribution in [0.2, 0.25) is 0 Å². The van der Waals surface area contributed by atoms with Gasteiger partial charge >= 0.3 is 0 Å². The number of benzene rings is 7. The lowest BCUT2D eigenvalue weighted by atomic mass is 10.0. The Bertz CT molecular complexity index is 2450. The van der Waals surface area contributed by atoms with Gasteiger partial charge in [0, 0.05) is 38.6 Å². The van der Waals surface area contributed by atoms with Gasteiger partial charge in [-0.1, -0.05) is 84.9 Å². The molecular weight excluding hydrogens is 526 g/mol. The summed E-state index contributed by atoms with van der Waals surface area (Å²) < 4.78 is 12.5. The molecule has 0 aliphatic heterocycles. The van der Waals surface area contributed by atoms with Crippen molar-refractivity contribution in [3.05, 3.63) is 152 Å². The van der Waals surface area contributed by atoms with E-state index >= 15 is 0 Å². The van der Waals surface area contributed by atoms with Gasteiger partial charge in [0.1, 0.15) is 22.3 Å². The third-order valence-electron chi connectivity index (χ3n) is 8.45. The summed E-state index contributed by atoms with van der Waals surface area (Å²) in [5, 5.41) is 6.99. The average molecular weight is 552 g/mol. The Morgan fingerprint density at radius 1 is 0.349 bits per heavy atom. The van der Waals surface area contributed by atoms with Crippen molar-refractivity contribution in [2.75, 3.05) is 4.90 Å². The van der Waals surface area contributed by atoms with Gasteiger partial charge in [-0.15, -0.1) is 0 Å². The van der Waals surface area contributed by atoms with E-state index in [9.17, 15) is 0 Å². The Kier molecular flexibility index (Phi) is 5.20. The highest BCUT2D eigenvalue weighted by molar-refractivity contribution is 6.19. The van der Waals surface area contributed by atoms with Crippen molar-refractivity contribution in [2.24, 2.45) is 0 Å². The normalized spacial score (nSPS) is 11.7. The van der Waals surface area contributed by atoms with E-state index < -0.39 is 0 Å². The Morgan fingerprint density at radius 3 is 1.88 bits per heavy atom. The highest BCUT2D eigenvalue weighted by Gasteiger charge is 2.16. The van der Waals surface area contributed by atoms with Crippen molar-refractivity contribution in [1.29, 1.82) is 0 Å². The van der Waals surface area contributed by atoms with Crippen LogP contribution in [0.15, 0.2) is 160 Å². The van der Waals surface area contributed by atoms with E-state index in [1.807, 2.05) is 12.1 Å². The SMILES string of the molecule is c1ccc(N(c2ccc(-c3ccc4c(c3)oc3ccc5ccccc5c34)cc2)c2ccc3oc4ccccc4c3c2)cc1. The van der Waals surface area contributed by atoms with Gasteiger partial charge in [0.05, 0.1) is 0 Å². The third kappa shape index (κ3) is 3.83. The molecule has 0 bridgehead atoms. The van der Waals surface area contributed by atoms with Crippen LogP contribution < -0.4 is 4.90 Å². The molecule has 0 radical (unpaired) electrons. The fourth-order valence-corrected chi connectivity index (χ4v) is 6.41.